The van der Waals surface area contributed by atoms with E-state index in [2.05, 4.69) is 4.57 Å². The van der Waals surface area contributed by atoms with Crippen molar-refractivity contribution in [2.75, 3.05) is 7.11 Å². The molecule has 5 heteroatoms. The molecule has 0 unspecified atom stereocenters. The van der Waals surface area contributed by atoms with Gasteiger partial charge in [0.2, 0.25) is 0 Å². The second-order valence-electron chi connectivity index (χ2n) is 5.27. The molecule has 118 valence electrons. The van der Waals surface area contributed by atoms with Crippen LogP contribution in [-0.2, 0) is 11.3 Å². The molecule has 0 amide bonds. The summed E-state index contributed by atoms with van der Waals surface area (Å²) in [5.74, 6) is 0.768. The number of carboxylic acid groups (broad SMARTS) is 1. The van der Waals surface area contributed by atoms with Gasteiger partial charge in [-0.3, -0.25) is 4.79 Å². The fourth-order valence-electron chi connectivity index (χ4n) is 2.73. The Balaban J connectivity index is 2.09. The molecule has 0 saturated carbocycles. The Bertz CT molecular complexity index is 839. The van der Waals surface area contributed by atoms with Crippen molar-refractivity contribution in [3.63, 3.8) is 0 Å². The number of hydrogen-bond donors (Lipinski definition) is 1. The van der Waals surface area contributed by atoms with E-state index in [4.69, 9.17) is 14.8 Å². The Morgan fingerprint density at radius 2 is 1.91 bits per heavy atom. The Morgan fingerprint density at radius 3 is 2.70 bits per heavy atom. The summed E-state index contributed by atoms with van der Waals surface area (Å²) in [6.07, 6.45) is 0.690. The number of methoxy groups -OCH3 is 1. The number of fused-ring (bicyclic) bond motifs is 1. The van der Waals surface area contributed by atoms with Crippen LogP contribution in [0.3, 0.4) is 0 Å². The van der Waals surface area contributed by atoms with E-state index >= 15 is 0 Å². The quantitative estimate of drug-likeness (QED) is 0.756. The molecule has 0 aliphatic heterocycles. The zero-order valence-corrected chi connectivity index (χ0v) is 12.9. The van der Waals surface area contributed by atoms with Crippen molar-refractivity contribution >= 4 is 17.0 Å². The third kappa shape index (κ3) is 3.04. The number of aromatic nitrogens is 2. The van der Waals surface area contributed by atoms with E-state index in [0.29, 0.717) is 13.0 Å². The smallest absolute Gasteiger partial charge is 0.303 e. The molecule has 1 heterocycles. The van der Waals surface area contributed by atoms with Crippen LogP contribution in [0.2, 0.25) is 0 Å². The maximum absolute atomic E-state index is 10.8. The van der Waals surface area contributed by atoms with Gasteiger partial charge < -0.3 is 14.4 Å². The van der Waals surface area contributed by atoms with Crippen molar-refractivity contribution in [1.82, 2.24) is 9.55 Å². The average molecular weight is 310 g/mol. The zero-order valence-electron chi connectivity index (χ0n) is 12.9. The summed E-state index contributed by atoms with van der Waals surface area (Å²) in [6.45, 7) is 0.597. The molecule has 3 rings (SSSR count). The van der Waals surface area contributed by atoms with Crippen molar-refractivity contribution in [1.29, 1.82) is 0 Å². The second kappa shape index (κ2) is 6.52. The second-order valence-corrected chi connectivity index (χ2v) is 5.27. The van der Waals surface area contributed by atoms with Crippen molar-refractivity contribution < 1.29 is 14.6 Å². The first-order valence-electron chi connectivity index (χ1n) is 7.51. The first-order valence-corrected chi connectivity index (χ1v) is 7.51. The van der Waals surface area contributed by atoms with E-state index in [1.165, 1.54) is 0 Å². The molecule has 3 aromatic rings. The van der Waals surface area contributed by atoms with E-state index in [1.54, 1.807) is 7.11 Å². The SMILES string of the molecule is COc1ccccc1-c1nc2ccccc2n1CCCC(=O)O. The highest BCUT2D eigenvalue weighted by molar-refractivity contribution is 5.82. The number of nitrogens with zero attached hydrogens (tertiary/aromatic N) is 2. The largest absolute Gasteiger partial charge is 0.496 e. The van der Waals surface area contributed by atoms with E-state index in [-0.39, 0.29) is 6.42 Å². The molecule has 0 saturated heterocycles. The van der Waals surface area contributed by atoms with Gasteiger partial charge in [-0.1, -0.05) is 24.3 Å². The Morgan fingerprint density at radius 1 is 1.17 bits per heavy atom. The Labute approximate surface area is 134 Å². The van der Waals surface area contributed by atoms with Gasteiger partial charge in [0.1, 0.15) is 11.6 Å². The lowest BCUT2D eigenvalue weighted by molar-refractivity contribution is -0.137. The normalized spacial score (nSPS) is 10.8. The molecule has 0 atom stereocenters. The Hall–Kier alpha value is -2.82. The van der Waals surface area contributed by atoms with Gasteiger partial charge in [0.25, 0.3) is 0 Å². The molecule has 0 aliphatic rings. The number of benzene rings is 2. The predicted octanol–water partition coefficient (Wildman–Crippen LogP) is 3.58. The highest BCUT2D eigenvalue weighted by atomic mass is 16.5. The third-order valence-electron chi connectivity index (χ3n) is 3.77. The third-order valence-corrected chi connectivity index (χ3v) is 3.77. The van der Waals surface area contributed by atoms with Crippen LogP contribution < -0.4 is 4.74 Å². The standard InChI is InChI=1S/C18H18N2O3/c1-23-16-10-5-2-7-13(16)18-19-14-8-3-4-9-15(14)20(18)12-6-11-17(21)22/h2-5,7-10H,6,11-12H2,1H3,(H,21,22). The summed E-state index contributed by atoms with van der Waals surface area (Å²) in [7, 11) is 1.64. The molecule has 0 aliphatic carbocycles. The van der Waals surface area contributed by atoms with Crippen LogP contribution in [0.1, 0.15) is 12.8 Å². The molecule has 23 heavy (non-hydrogen) atoms. The molecule has 1 N–H and O–H groups in total. The van der Waals surface area contributed by atoms with Gasteiger partial charge in [-0.25, -0.2) is 4.98 Å². The van der Waals surface area contributed by atoms with E-state index in [0.717, 1.165) is 28.2 Å². The summed E-state index contributed by atoms with van der Waals surface area (Å²) >= 11 is 0. The van der Waals surface area contributed by atoms with Gasteiger partial charge in [-0.05, 0) is 30.7 Å². The lowest BCUT2D eigenvalue weighted by Gasteiger charge is -2.11. The number of imidazole rings is 1. The fourth-order valence-corrected chi connectivity index (χ4v) is 2.73. The van der Waals surface area contributed by atoms with Crippen molar-refractivity contribution in [2.24, 2.45) is 0 Å². The van der Waals surface area contributed by atoms with Crippen molar-refractivity contribution in [3.8, 4) is 17.1 Å². The van der Waals surface area contributed by atoms with Gasteiger partial charge in [0.15, 0.2) is 0 Å². The number of hydrogen-bond acceptors (Lipinski definition) is 3. The Kier molecular flexibility index (Phi) is 4.28. The number of carboxylic acids is 1. The monoisotopic (exact) mass is 310 g/mol. The predicted molar refractivity (Wildman–Crippen MR) is 88.6 cm³/mol. The minimum absolute atomic E-state index is 0.137. The minimum Gasteiger partial charge on any atom is -0.496 e. The zero-order chi connectivity index (χ0) is 16.2. The summed E-state index contributed by atoms with van der Waals surface area (Å²) in [6, 6.07) is 15.6. The van der Waals surface area contributed by atoms with Crippen LogP contribution >= 0.6 is 0 Å². The first kappa shape index (κ1) is 15.1. The van der Waals surface area contributed by atoms with Crippen LogP contribution in [0.4, 0.5) is 0 Å². The summed E-state index contributed by atoms with van der Waals surface area (Å²) in [4.78, 5) is 15.5. The van der Waals surface area contributed by atoms with E-state index in [1.807, 2.05) is 48.5 Å². The van der Waals surface area contributed by atoms with Gasteiger partial charge in [-0.15, -0.1) is 0 Å². The maximum Gasteiger partial charge on any atom is 0.303 e. The summed E-state index contributed by atoms with van der Waals surface area (Å²) in [5.41, 5.74) is 2.80. The summed E-state index contributed by atoms with van der Waals surface area (Å²) in [5, 5.41) is 8.88. The first-order chi connectivity index (χ1) is 11.2. The number of carbonyl (C=O) groups is 1. The van der Waals surface area contributed by atoms with Gasteiger partial charge in [0, 0.05) is 13.0 Å². The molecule has 0 fully saturated rings. The molecule has 0 radical (unpaired) electrons. The lowest BCUT2D eigenvalue weighted by Crippen LogP contribution is -2.04. The van der Waals surface area contributed by atoms with E-state index in [9.17, 15) is 4.79 Å². The molecule has 1 aromatic heterocycles. The number of para-hydroxylation sites is 3. The van der Waals surface area contributed by atoms with E-state index < -0.39 is 5.97 Å². The van der Waals surface area contributed by atoms with Crippen LogP contribution in [-0.4, -0.2) is 27.7 Å². The maximum atomic E-state index is 10.8. The van der Waals surface area contributed by atoms with Gasteiger partial charge in [-0.2, -0.15) is 0 Å². The van der Waals surface area contributed by atoms with Crippen LogP contribution in [0.25, 0.3) is 22.4 Å². The van der Waals surface area contributed by atoms with Crippen molar-refractivity contribution in [3.05, 3.63) is 48.5 Å². The highest BCUT2D eigenvalue weighted by Gasteiger charge is 2.15. The van der Waals surface area contributed by atoms with Crippen LogP contribution in [0.15, 0.2) is 48.5 Å². The molecule has 0 spiro atoms. The fraction of sp³-hybridized carbons (Fsp3) is 0.222. The van der Waals surface area contributed by atoms with Crippen LogP contribution in [0.5, 0.6) is 5.75 Å². The van der Waals surface area contributed by atoms with Crippen molar-refractivity contribution in [2.45, 2.75) is 19.4 Å². The molecule has 2 aromatic carbocycles. The van der Waals surface area contributed by atoms with Gasteiger partial charge >= 0.3 is 5.97 Å². The number of rotatable bonds is 6. The topological polar surface area (TPSA) is 64.4 Å². The highest BCUT2D eigenvalue weighted by Crippen LogP contribution is 2.31. The number of ether oxygens (including phenoxy) is 1. The average Bonchev–Trinajstić information content (AvgIpc) is 2.93. The van der Waals surface area contributed by atoms with Crippen LogP contribution in [0, 0.1) is 0 Å². The molecule has 5 nitrogen and oxygen atoms in total. The number of aryl methyl sites for hydroxylation is 1. The molecular formula is C18H18N2O3. The minimum atomic E-state index is -0.784. The molecular weight excluding hydrogens is 292 g/mol. The lowest BCUT2D eigenvalue weighted by atomic mass is 10.2. The number of aliphatic carboxylic acids is 1. The summed E-state index contributed by atoms with van der Waals surface area (Å²) < 4.78 is 7.51. The van der Waals surface area contributed by atoms with Gasteiger partial charge in [0.05, 0.1) is 23.7 Å². The molecule has 0 bridgehead atoms.